The van der Waals surface area contributed by atoms with Crippen LogP contribution in [0.1, 0.15) is 22.3 Å². The van der Waals surface area contributed by atoms with E-state index < -0.39 is 5.91 Å². The number of ether oxygens (including phenoxy) is 2. The third-order valence-electron chi connectivity index (χ3n) is 4.77. The first-order chi connectivity index (χ1) is 16.0. The average Bonchev–Trinajstić information content (AvgIpc) is 2.85. The molecule has 0 aliphatic rings. The number of nitriles is 2. The normalized spacial score (nSPS) is 10.6. The summed E-state index contributed by atoms with van der Waals surface area (Å²) in [4.78, 5) is 12.5. The quantitative estimate of drug-likeness (QED) is 0.340. The maximum Gasteiger partial charge on any atom is 0.262 e. The van der Waals surface area contributed by atoms with Crippen LogP contribution in [-0.4, -0.2) is 13.0 Å². The van der Waals surface area contributed by atoms with E-state index in [-0.39, 0.29) is 12.2 Å². The molecule has 33 heavy (non-hydrogen) atoms. The van der Waals surface area contributed by atoms with Gasteiger partial charge in [-0.3, -0.25) is 4.79 Å². The Balaban J connectivity index is 1.65. The zero-order chi connectivity index (χ0) is 23.6. The predicted octanol–water partition coefficient (Wildman–Crippen LogP) is 5.13. The lowest BCUT2D eigenvalue weighted by atomic mass is 10.1. The Hall–Kier alpha value is -4.07. The van der Waals surface area contributed by atoms with Crippen LogP contribution in [0.25, 0.3) is 6.08 Å². The molecule has 3 aromatic carbocycles. The molecule has 0 spiro atoms. The Morgan fingerprint density at radius 3 is 2.52 bits per heavy atom. The van der Waals surface area contributed by atoms with Crippen molar-refractivity contribution in [3.05, 3.63) is 99.0 Å². The zero-order valence-corrected chi connectivity index (χ0v) is 19.4. The summed E-state index contributed by atoms with van der Waals surface area (Å²) < 4.78 is 11.6. The first-order valence-corrected chi connectivity index (χ1v) is 10.8. The molecule has 0 fully saturated rings. The van der Waals surface area contributed by atoms with Crippen LogP contribution in [-0.2, 0) is 17.9 Å². The van der Waals surface area contributed by atoms with Crippen LogP contribution in [0.15, 0.2) is 76.8 Å². The SMILES string of the molecule is COc1ccc(CNC(=O)/C(C#N)=C\c2ccc(OCc3ccccc3C#N)c(Br)c2)cc1. The van der Waals surface area contributed by atoms with Crippen LogP contribution in [0, 0.1) is 22.7 Å². The molecule has 3 rings (SSSR count). The molecular weight excluding hydrogens is 482 g/mol. The maximum atomic E-state index is 12.5. The molecule has 1 N–H and O–H groups in total. The minimum Gasteiger partial charge on any atom is -0.497 e. The van der Waals surface area contributed by atoms with E-state index in [0.717, 1.165) is 16.9 Å². The fourth-order valence-electron chi connectivity index (χ4n) is 2.97. The van der Waals surface area contributed by atoms with E-state index in [1.165, 1.54) is 6.08 Å². The molecule has 0 aromatic heterocycles. The monoisotopic (exact) mass is 501 g/mol. The van der Waals surface area contributed by atoms with Crippen LogP contribution in [0.4, 0.5) is 0 Å². The molecule has 1 amide bonds. The lowest BCUT2D eigenvalue weighted by molar-refractivity contribution is -0.117. The van der Waals surface area contributed by atoms with Crippen LogP contribution in [0.3, 0.4) is 0 Å². The average molecular weight is 502 g/mol. The lowest BCUT2D eigenvalue weighted by Gasteiger charge is -2.10. The largest absolute Gasteiger partial charge is 0.497 e. The Labute approximate surface area is 200 Å². The Morgan fingerprint density at radius 2 is 1.85 bits per heavy atom. The number of amides is 1. The van der Waals surface area contributed by atoms with Gasteiger partial charge in [0.05, 0.1) is 23.2 Å². The second-order valence-electron chi connectivity index (χ2n) is 6.95. The summed E-state index contributed by atoms with van der Waals surface area (Å²) in [6, 6.07) is 23.9. The number of carbonyl (C=O) groups is 1. The lowest BCUT2D eigenvalue weighted by Crippen LogP contribution is -2.23. The molecule has 0 unspecified atom stereocenters. The van der Waals surface area contributed by atoms with Crippen molar-refractivity contribution in [2.24, 2.45) is 0 Å². The number of carbonyl (C=O) groups excluding carboxylic acids is 1. The molecule has 0 radical (unpaired) electrons. The van der Waals surface area contributed by atoms with E-state index in [2.05, 4.69) is 27.3 Å². The van der Waals surface area contributed by atoms with Crippen molar-refractivity contribution in [2.75, 3.05) is 7.11 Å². The molecule has 0 saturated carbocycles. The molecule has 0 aliphatic heterocycles. The number of rotatable bonds is 8. The number of hydrogen-bond acceptors (Lipinski definition) is 5. The summed E-state index contributed by atoms with van der Waals surface area (Å²) in [7, 11) is 1.59. The molecule has 0 heterocycles. The highest BCUT2D eigenvalue weighted by atomic mass is 79.9. The molecule has 7 heteroatoms. The van der Waals surface area contributed by atoms with E-state index in [1.54, 1.807) is 37.4 Å². The van der Waals surface area contributed by atoms with Crippen LogP contribution < -0.4 is 14.8 Å². The predicted molar refractivity (Wildman–Crippen MR) is 128 cm³/mol. The highest BCUT2D eigenvalue weighted by Gasteiger charge is 2.10. The topological polar surface area (TPSA) is 95.1 Å². The summed E-state index contributed by atoms with van der Waals surface area (Å²) >= 11 is 3.47. The van der Waals surface area contributed by atoms with Crippen molar-refractivity contribution in [2.45, 2.75) is 13.2 Å². The third-order valence-corrected chi connectivity index (χ3v) is 5.38. The highest BCUT2D eigenvalue weighted by Crippen LogP contribution is 2.28. The smallest absolute Gasteiger partial charge is 0.262 e. The first-order valence-electron chi connectivity index (χ1n) is 9.97. The van der Waals surface area contributed by atoms with E-state index >= 15 is 0 Å². The minimum atomic E-state index is -0.460. The Bertz CT molecular complexity index is 1260. The summed E-state index contributed by atoms with van der Waals surface area (Å²) in [6.07, 6.45) is 1.52. The van der Waals surface area contributed by atoms with Gasteiger partial charge in [0.1, 0.15) is 29.7 Å². The van der Waals surface area contributed by atoms with Crippen molar-refractivity contribution in [3.63, 3.8) is 0 Å². The fourth-order valence-corrected chi connectivity index (χ4v) is 3.48. The van der Waals surface area contributed by atoms with Crippen molar-refractivity contribution < 1.29 is 14.3 Å². The van der Waals surface area contributed by atoms with Gasteiger partial charge in [-0.15, -0.1) is 0 Å². The van der Waals surface area contributed by atoms with Crippen molar-refractivity contribution in [1.82, 2.24) is 5.32 Å². The van der Waals surface area contributed by atoms with Gasteiger partial charge in [0.2, 0.25) is 0 Å². The van der Waals surface area contributed by atoms with Gasteiger partial charge in [0.25, 0.3) is 5.91 Å². The number of methoxy groups -OCH3 is 1. The molecular formula is C26H20BrN3O3. The fraction of sp³-hybridized carbons (Fsp3) is 0.115. The van der Waals surface area contributed by atoms with Gasteiger partial charge in [-0.25, -0.2) is 0 Å². The molecule has 0 atom stereocenters. The van der Waals surface area contributed by atoms with Crippen LogP contribution >= 0.6 is 15.9 Å². The number of benzene rings is 3. The van der Waals surface area contributed by atoms with Gasteiger partial charge in [0, 0.05) is 12.1 Å². The highest BCUT2D eigenvalue weighted by molar-refractivity contribution is 9.10. The van der Waals surface area contributed by atoms with E-state index in [9.17, 15) is 15.3 Å². The van der Waals surface area contributed by atoms with E-state index in [0.29, 0.717) is 27.9 Å². The summed E-state index contributed by atoms with van der Waals surface area (Å²) in [5.74, 6) is 0.857. The van der Waals surface area contributed by atoms with E-state index in [1.807, 2.05) is 42.5 Å². The first kappa shape index (κ1) is 23.6. The molecule has 3 aromatic rings. The molecule has 6 nitrogen and oxygen atoms in total. The third kappa shape index (κ3) is 6.46. The van der Waals surface area contributed by atoms with Crippen LogP contribution in [0.2, 0.25) is 0 Å². The van der Waals surface area contributed by atoms with Crippen molar-refractivity contribution in [1.29, 1.82) is 10.5 Å². The molecule has 164 valence electrons. The second-order valence-corrected chi connectivity index (χ2v) is 7.80. The van der Waals surface area contributed by atoms with Gasteiger partial charge in [0.15, 0.2) is 0 Å². The molecule has 0 aliphatic carbocycles. The summed E-state index contributed by atoms with van der Waals surface area (Å²) in [5, 5.41) is 21.4. The molecule has 0 saturated heterocycles. The van der Waals surface area contributed by atoms with Gasteiger partial charge in [-0.05, 0) is 63.5 Å². The van der Waals surface area contributed by atoms with Gasteiger partial charge < -0.3 is 14.8 Å². The summed E-state index contributed by atoms with van der Waals surface area (Å²) in [5.41, 5.74) is 2.90. The Morgan fingerprint density at radius 1 is 1.09 bits per heavy atom. The van der Waals surface area contributed by atoms with Gasteiger partial charge in [-0.2, -0.15) is 10.5 Å². The summed E-state index contributed by atoms with van der Waals surface area (Å²) in [6.45, 7) is 0.539. The maximum absolute atomic E-state index is 12.5. The Kier molecular flexibility index (Phi) is 8.24. The number of nitrogens with zero attached hydrogens (tertiary/aromatic N) is 2. The van der Waals surface area contributed by atoms with Gasteiger partial charge >= 0.3 is 0 Å². The number of halogens is 1. The number of hydrogen-bond donors (Lipinski definition) is 1. The minimum absolute atomic E-state index is 0.00738. The zero-order valence-electron chi connectivity index (χ0n) is 17.8. The second kappa shape index (κ2) is 11.5. The van der Waals surface area contributed by atoms with Crippen molar-refractivity contribution >= 4 is 27.9 Å². The van der Waals surface area contributed by atoms with Gasteiger partial charge in [-0.1, -0.05) is 36.4 Å². The standard InChI is InChI=1S/C26H20BrN3O3/c1-32-23-9-6-18(7-10-23)16-30-26(31)22(15-29)12-19-8-11-25(24(27)13-19)33-17-21-5-3-2-4-20(21)14-28/h2-13H,16-17H2,1H3,(H,30,31)/b22-12-. The van der Waals surface area contributed by atoms with E-state index in [4.69, 9.17) is 9.47 Å². The van der Waals surface area contributed by atoms with Crippen LogP contribution in [0.5, 0.6) is 11.5 Å². The van der Waals surface area contributed by atoms with Crippen molar-refractivity contribution in [3.8, 4) is 23.6 Å². The molecule has 0 bridgehead atoms. The number of nitrogens with one attached hydrogen (secondary N) is 1.